The van der Waals surface area contributed by atoms with Gasteiger partial charge in [0.2, 0.25) is 5.91 Å². The molecule has 1 aromatic heterocycles. The molecule has 2 rings (SSSR count). The van der Waals surface area contributed by atoms with Gasteiger partial charge < -0.3 is 9.84 Å². The van der Waals surface area contributed by atoms with Crippen molar-refractivity contribution in [2.24, 2.45) is 0 Å². The molecule has 0 spiro atoms. The Labute approximate surface area is 116 Å². The molecular formula is C14H16N2O2S. The highest BCUT2D eigenvalue weighted by molar-refractivity contribution is 8.00. The van der Waals surface area contributed by atoms with Crippen LogP contribution in [0.2, 0.25) is 0 Å². The van der Waals surface area contributed by atoms with Crippen LogP contribution in [0.4, 0.5) is 5.69 Å². The molecule has 0 unspecified atom stereocenters. The van der Waals surface area contributed by atoms with Crippen molar-refractivity contribution in [3.8, 4) is 0 Å². The standard InChI is InChI=1S/C14H16N2O2S/c1-10(2)19-13-6-4-3-5-12(13)15-14(17)9-11-7-8-18-16-11/h3-8,10H,9H2,1-2H3,(H,15,17). The number of nitrogens with zero attached hydrogens (tertiary/aromatic N) is 1. The molecule has 0 aliphatic carbocycles. The van der Waals surface area contributed by atoms with Gasteiger partial charge in [-0.3, -0.25) is 4.79 Å². The van der Waals surface area contributed by atoms with E-state index >= 15 is 0 Å². The fraction of sp³-hybridized carbons (Fsp3) is 0.286. The number of para-hydroxylation sites is 1. The van der Waals surface area contributed by atoms with Gasteiger partial charge in [-0.15, -0.1) is 11.8 Å². The minimum Gasteiger partial charge on any atom is -0.364 e. The average molecular weight is 276 g/mol. The molecule has 0 aliphatic heterocycles. The molecule has 2 aromatic rings. The van der Waals surface area contributed by atoms with E-state index in [0.29, 0.717) is 10.9 Å². The first kappa shape index (κ1) is 13.7. The quantitative estimate of drug-likeness (QED) is 0.851. The Hall–Kier alpha value is -1.75. The van der Waals surface area contributed by atoms with E-state index < -0.39 is 0 Å². The average Bonchev–Trinajstić information content (AvgIpc) is 2.83. The van der Waals surface area contributed by atoms with Crippen molar-refractivity contribution in [1.29, 1.82) is 0 Å². The second-order valence-electron chi connectivity index (χ2n) is 4.38. The van der Waals surface area contributed by atoms with Crippen molar-refractivity contribution in [2.75, 3.05) is 5.32 Å². The zero-order chi connectivity index (χ0) is 13.7. The van der Waals surface area contributed by atoms with E-state index in [-0.39, 0.29) is 12.3 Å². The number of hydrogen-bond donors (Lipinski definition) is 1. The summed E-state index contributed by atoms with van der Waals surface area (Å²) >= 11 is 1.73. The predicted octanol–water partition coefficient (Wildman–Crippen LogP) is 3.36. The predicted molar refractivity (Wildman–Crippen MR) is 76.3 cm³/mol. The van der Waals surface area contributed by atoms with Gasteiger partial charge in [-0.1, -0.05) is 31.1 Å². The van der Waals surface area contributed by atoms with Crippen LogP contribution in [0.15, 0.2) is 46.0 Å². The van der Waals surface area contributed by atoms with Crippen molar-refractivity contribution in [1.82, 2.24) is 5.16 Å². The molecule has 5 heteroatoms. The van der Waals surface area contributed by atoms with Gasteiger partial charge in [0, 0.05) is 16.2 Å². The van der Waals surface area contributed by atoms with E-state index in [1.165, 1.54) is 6.26 Å². The summed E-state index contributed by atoms with van der Waals surface area (Å²) in [7, 11) is 0. The molecule has 4 nitrogen and oxygen atoms in total. The van der Waals surface area contributed by atoms with Gasteiger partial charge in [0.1, 0.15) is 6.26 Å². The highest BCUT2D eigenvalue weighted by atomic mass is 32.2. The van der Waals surface area contributed by atoms with Crippen LogP contribution in [0.1, 0.15) is 19.5 Å². The number of nitrogens with one attached hydrogen (secondary N) is 1. The Morgan fingerprint density at radius 1 is 1.37 bits per heavy atom. The number of rotatable bonds is 5. The first-order valence-corrected chi connectivity index (χ1v) is 6.98. The molecule has 19 heavy (non-hydrogen) atoms. The highest BCUT2D eigenvalue weighted by Gasteiger charge is 2.10. The third-order valence-corrected chi connectivity index (χ3v) is 3.44. The number of anilines is 1. The highest BCUT2D eigenvalue weighted by Crippen LogP contribution is 2.30. The first-order chi connectivity index (χ1) is 9.15. The summed E-state index contributed by atoms with van der Waals surface area (Å²) in [5, 5.41) is 7.11. The van der Waals surface area contributed by atoms with Crippen LogP contribution < -0.4 is 5.32 Å². The molecule has 1 N–H and O–H groups in total. The van der Waals surface area contributed by atoms with Crippen molar-refractivity contribution >= 4 is 23.4 Å². The second-order valence-corrected chi connectivity index (χ2v) is 6.00. The van der Waals surface area contributed by atoms with Crippen molar-refractivity contribution < 1.29 is 9.32 Å². The summed E-state index contributed by atoms with van der Waals surface area (Å²) in [5.74, 6) is -0.0919. The molecule has 0 fully saturated rings. The lowest BCUT2D eigenvalue weighted by Gasteiger charge is -2.11. The van der Waals surface area contributed by atoms with Gasteiger partial charge in [0.15, 0.2) is 0 Å². The van der Waals surface area contributed by atoms with Crippen LogP contribution in [0.3, 0.4) is 0 Å². The normalized spacial score (nSPS) is 10.7. The van der Waals surface area contributed by atoms with Gasteiger partial charge in [0.05, 0.1) is 17.8 Å². The Morgan fingerprint density at radius 2 is 2.16 bits per heavy atom. The van der Waals surface area contributed by atoms with Crippen LogP contribution in [0.25, 0.3) is 0 Å². The topological polar surface area (TPSA) is 55.1 Å². The number of carbonyl (C=O) groups is 1. The Bertz CT molecular complexity index is 538. The molecule has 0 saturated carbocycles. The summed E-state index contributed by atoms with van der Waals surface area (Å²) in [4.78, 5) is 13.0. The Kier molecular flexibility index (Phi) is 4.63. The number of thioether (sulfide) groups is 1. The van der Waals surface area contributed by atoms with E-state index in [2.05, 4.69) is 24.3 Å². The summed E-state index contributed by atoms with van der Waals surface area (Å²) in [5.41, 5.74) is 1.47. The molecule has 1 aromatic carbocycles. The number of benzene rings is 1. The molecule has 1 amide bonds. The van der Waals surface area contributed by atoms with E-state index in [4.69, 9.17) is 4.52 Å². The summed E-state index contributed by atoms with van der Waals surface area (Å²) in [6.07, 6.45) is 1.68. The SMILES string of the molecule is CC(C)Sc1ccccc1NC(=O)Cc1ccon1. The fourth-order valence-electron chi connectivity index (χ4n) is 1.61. The minimum absolute atomic E-state index is 0.0919. The lowest BCUT2D eigenvalue weighted by Crippen LogP contribution is -2.15. The van der Waals surface area contributed by atoms with Crippen molar-refractivity contribution in [3.05, 3.63) is 42.3 Å². The van der Waals surface area contributed by atoms with Crippen LogP contribution in [0.5, 0.6) is 0 Å². The van der Waals surface area contributed by atoms with E-state index in [0.717, 1.165) is 10.6 Å². The number of amides is 1. The lowest BCUT2D eigenvalue weighted by molar-refractivity contribution is -0.115. The van der Waals surface area contributed by atoms with Gasteiger partial charge in [-0.05, 0) is 12.1 Å². The molecule has 0 bridgehead atoms. The van der Waals surface area contributed by atoms with E-state index in [1.54, 1.807) is 17.8 Å². The lowest BCUT2D eigenvalue weighted by atomic mass is 10.2. The maximum Gasteiger partial charge on any atom is 0.230 e. The molecule has 0 aliphatic rings. The Morgan fingerprint density at radius 3 is 2.84 bits per heavy atom. The van der Waals surface area contributed by atoms with Crippen molar-refractivity contribution in [2.45, 2.75) is 30.4 Å². The third kappa shape index (κ3) is 4.13. The second kappa shape index (κ2) is 6.43. The fourth-order valence-corrected chi connectivity index (χ4v) is 2.53. The maximum atomic E-state index is 11.9. The summed E-state index contributed by atoms with van der Waals surface area (Å²) in [6, 6.07) is 9.49. The van der Waals surface area contributed by atoms with Gasteiger partial charge in [-0.25, -0.2) is 0 Å². The summed E-state index contributed by atoms with van der Waals surface area (Å²) in [6.45, 7) is 4.25. The number of hydrogen-bond acceptors (Lipinski definition) is 4. The van der Waals surface area contributed by atoms with E-state index in [9.17, 15) is 4.79 Å². The van der Waals surface area contributed by atoms with Crippen LogP contribution in [-0.4, -0.2) is 16.3 Å². The monoisotopic (exact) mass is 276 g/mol. The molecule has 100 valence electrons. The largest absolute Gasteiger partial charge is 0.364 e. The number of aromatic nitrogens is 1. The number of carbonyl (C=O) groups excluding carboxylic acids is 1. The van der Waals surface area contributed by atoms with E-state index in [1.807, 2.05) is 24.3 Å². The Balaban J connectivity index is 2.04. The smallest absolute Gasteiger partial charge is 0.230 e. The van der Waals surface area contributed by atoms with Crippen LogP contribution in [-0.2, 0) is 11.2 Å². The summed E-state index contributed by atoms with van der Waals surface area (Å²) < 4.78 is 4.71. The zero-order valence-corrected chi connectivity index (χ0v) is 11.7. The molecular weight excluding hydrogens is 260 g/mol. The van der Waals surface area contributed by atoms with Gasteiger partial charge in [-0.2, -0.15) is 0 Å². The minimum atomic E-state index is -0.0919. The van der Waals surface area contributed by atoms with Crippen LogP contribution >= 0.6 is 11.8 Å². The van der Waals surface area contributed by atoms with Gasteiger partial charge in [0.25, 0.3) is 0 Å². The first-order valence-electron chi connectivity index (χ1n) is 6.10. The molecule has 0 radical (unpaired) electrons. The molecule has 0 atom stereocenters. The third-order valence-electron chi connectivity index (χ3n) is 2.36. The molecule has 1 heterocycles. The zero-order valence-electron chi connectivity index (χ0n) is 10.9. The van der Waals surface area contributed by atoms with Gasteiger partial charge >= 0.3 is 0 Å². The van der Waals surface area contributed by atoms with Crippen molar-refractivity contribution in [3.63, 3.8) is 0 Å². The maximum absolute atomic E-state index is 11.9. The van der Waals surface area contributed by atoms with Crippen LogP contribution in [0, 0.1) is 0 Å². The molecule has 0 saturated heterocycles.